The number of hydrogen-bond donors (Lipinski definition) is 0. The van der Waals surface area contributed by atoms with Crippen LogP contribution in [0.25, 0.3) is 5.65 Å². The Hall–Kier alpha value is 0.120. The van der Waals surface area contributed by atoms with Gasteiger partial charge in [0.1, 0.15) is 8.30 Å². The van der Waals surface area contributed by atoms with E-state index in [9.17, 15) is 0 Å². The summed E-state index contributed by atoms with van der Waals surface area (Å²) < 4.78 is 3.59. The highest BCUT2D eigenvalue weighted by atomic mass is 127. The van der Waals surface area contributed by atoms with Gasteiger partial charge >= 0.3 is 0 Å². The Kier molecular flexibility index (Phi) is 2.26. The van der Waals surface area contributed by atoms with Crippen LogP contribution in [0, 0.1) is 3.70 Å². The molecule has 0 N–H and O–H groups in total. The summed E-state index contributed by atoms with van der Waals surface area (Å²) in [5, 5.41) is 0.410. The fraction of sp³-hybridized carbons (Fsp3) is 0. The largest absolute Gasteiger partial charge is 0.290 e. The highest BCUT2D eigenvalue weighted by Gasteiger charge is 2.06. The van der Waals surface area contributed by atoms with Gasteiger partial charge in [-0.3, -0.25) is 4.40 Å². The maximum Gasteiger partial charge on any atom is 0.175 e. The zero-order chi connectivity index (χ0) is 8.72. The molecular formula is C6H2BrClIN3. The minimum absolute atomic E-state index is 0.410. The lowest BCUT2D eigenvalue weighted by Gasteiger charge is -1.97. The van der Waals surface area contributed by atoms with Gasteiger partial charge in [-0.05, 0) is 38.5 Å². The fourth-order valence-electron chi connectivity index (χ4n) is 0.895. The first-order valence-corrected chi connectivity index (χ1v) is 5.28. The molecule has 0 aliphatic carbocycles. The van der Waals surface area contributed by atoms with Crippen molar-refractivity contribution in [2.45, 2.75) is 0 Å². The van der Waals surface area contributed by atoms with Crippen molar-refractivity contribution in [2.75, 3.05) is 0 Å². The Morgan fingerprint density at radius 1 is 1.58 bits per heavy atom. The standard InChI is InChI=1S/C6H2BrClIN3/c7-3-2-12-4(9)1-10-6(12)5(8)11-3/h1-2H. The van der Waals surface area contributed by atoms with Crippen molar-refractivity contribution < 1.29 is 0 Å². The summed E-state index contributed by atoms with van der Waals surface area (Å²) in [5.74, 6) is 0. The van der Waals surface area contributed by atoms with Crippen molar-refractivity contribution in [2.24, 2.45) is 0 Å². The molecule has 12 heavy (non-hydrogen) atoms. The van der Waals surface area contributed by atoms with Gasteiger partial charge in [0.2, 0.25) is 0 Å². The second-order valence-corrected chi connectivity index (χ2v) is 4.40. The zero-order valence-corrected chi connectivity index (χ0v) is 10.1. The van der Waals surface area contributed by atoms with E-state index in [1.807, 2.05) is 10.6 Å². The topological polar surface area (TPSA) is 30.2 Å². The van der Waals surface area contributed by atoms with Crippen molar-refractivity contribution in [1.29, 1.82) is 0 Å². The molecule has 0 bridgehead atoms. The lowest BCUT2D eigenvalue weighted by molar-refractivity contribution is 1.08. The number of imidazole rings is 1. The lowest BCUT2D eigenvalue weighted by Crippen LogP contribution is -1.90. The molecule has 0 saturated carbocycles. The van der Waals surface area contributed by atoms with Gasteiger partial charge in [0.05, 0.1) is 6.20 Å². The molecule has 0 saturated heterocycles. The van der Waals surface area contributed by atoms with Crippen LogP contribution in [0.3, 0.4) is 0 Å². The average Bonchev–Trinajstić information content (AvgIpc) is 2.33. The average molecular weight is 358 g/mol. The van der Waals surface area contributed by atoms with Gasteiger partial charge in [-0.1, -0.05) is 11.6 Å². The first kappa shape index (κ1) is 8.71. The number of fused-ring (bicyclic) bond motifs is 1. The molecule has 0 radical (unpaired) electrons. The van der Waals surface area contributed by atoms with Gasteiger partial charge in [-0.25, -0.2) is 9.97 Å². The van der Waals surface area contributed by atoms with Crippen LogP contribution < -0.4 is 0 Å². The molecule has 2 heterocycles. The van der Waals surface area contributed by atoms with Crippen LogP contribution in [0.4, 0.5) is 0 Å². The Morgan fingerprint density at radius 2 is 2.33 bits per heavy atom. The summed E-state index contributed by atoms with van der Waals surface area (Å²) in [4.78, 5) is 8.11. The third-order valence-corrected chi connectivity index (χ3v) is 2.81. The molecule has 0 aliphatic rings. The van der Waals surface area contributed by atoms with Gasteiger partial charge in [0.15, 0.2) is 10.8 Å². The molecule has 2 rings (SSSR count). The highest BCUT2D eigenvalue weighted by Crippen LogP contribution is 2.19. The SMILES string of the molecule is Clc1nc(Br)cn2c(I)cnc12. The second kappa shape index (κ2) is 3.12. The van der Waals surface area contributed by atoms with Crippen molar-refractivity contribution in [3.63, 3.8) is 0 Å². The second-order valence-electron chi connectivity index (χ2n) is 2.13. The third-order valence-electron chi connectivity index (χ3n) is 1.38. The van der Waals surface area contributed by atoms with Crippen LogP contribution in [0.2, 0.25) is 5.15 Å². The summed E-state index contributed by atoms with van der Waals surface area (Å²) >= 11 is 11.3. The number of halogens is 3. The van der Waals surface area contributed by atoms with Crippen LogP contribution in [-0.4, -0.2) is 14.4 Å². The first-order chi connectivity index (χ1) is 5.68. The van der Waals surface area contributed by atoms with E-state index in [1.54, 1.807) is 6.20 Å². The summed E-state index contributed by atoms with van der Waals surface area (Å²) in [7, 11) is 0. The predicted molar refractivity (Wildman–Crippen MR) is 58.4 cm³/mol. The maximum absolute atomic E-state index is 5.85. The minimum atomic E-state index is 0.410. The monoisotopic (exact) mass is 357 g/mol. The van der Waals surface area contributed by atoms with E-state index >= 15 is 0 Å². The van der Waals surface area contributed by atoms with Gasteiger partial charge in [-0.2, -0.15) is 0 Å². The maximum atomic E-state index is 5.85. The molecule has 0 aliphatic heterocycles. The Morgan fingerprint density at radius 3 is 3.08 bits per heavy atom. The van der Waals surface area contributed by atoms with E-state index < -0.39 is 0 Å². The van der Waals surface area contributed by atoms with E-state index in [2.05, 4.69) is 48.5 Å². The minimum Gasteiger partial charge on any atom is -0.290 e. The Bertz CT molecular complexity index is 442. The molecule has 0 fully saturated rings. The zero-order valence-electron chi connectivity index (χ0n) is 5.63. The number of aromatic nitrogens is 3. The summed E-state index contributed by atoms with van der Waals surface area (Å²) in [6.45, 7) is 0. The van der Waals surface area contributed by atoms with Gasteiger partial charge < -0.3 is 0 Å². The van der Waals surface area contributed by atoms with Crippen molar-refractivity contribution in [1.82, 2.24) is 14.4 Å². The molecule has 0 unspecified atom stereocenters. The van der Waals surface area contributed by atoms with Gasteiger partial charge in [0.25, 0.3) is 0 Å². The molecule has 2 aromatic rings. The Balaban J connectivity index is 2.92. The predicted octanol–water partition coefficient (Wildman–Crippen LogP) is 2.75. The molecular weight excluding hydrogens is 356 g/mol. The number of rotatable bonds is 0. The molecule has 3 nitrogen and oxygen atoms in total. The third kappa shape index (κ3) is 1.33. The molecule has 2 aromatic heterocycles. The van der Waals surface area contributed by atoms with Crippen LogP contribution in [0.5, 0.6) is 0 Å². The van der Waals surface area contributed by atoms with Crippen molar-refractivity contribution >= 4 is 55.8 Å². The summed E-state index contributed by atoms with van der Waals surface area (Å²) in [6.07, 6.45) is 3.58. The van der Waals surface area contributed by atoms with Crippen LogP contribution >= 0.6 is 50.1 Å². The number of nitrogens with zero attached hydrogens (tertiary/aromatic N) is 3. The Labute approximate surface area is 95.4 Å². The number of hydrogen-bond acceptors (Lipinski definition) is 2. The van der Waals surface area contributed by atoms with E-state index in [0.29, 0.717) is 15.4 Å². The fourth-order valence-corrected chi connectivity index (χ4v) is 2.12. The molecule has 6 heteroatoms. The van der Waals surface area contributed by atoms with E-state index in [0.717, 1.165) is 3.70 Å². The van der Waals surface area contributed by atoms with Crippen LogP contribution in [0.1, 0.15) is 0 Å². The lowest BCUT2D eigenvalue weighted by atomic mass is 10.7. The molecule has 0 atom stereocenters. The van der Waals surface area contributed by atoms with Crippen molar-refractivity contribution in [3.8, 4) is 0 Å². The van der Waals surface area contributed by atoms with Gasteiger partial charge in [-0.15, -0.1) is 0 Å². The molecule has 62 valence electrons. The van der Waals surface area contributed by atoms with E-state index in [4.69, 9.17) is 11.6 Å². The molecule has 0 amide bonds. The molecule has 0 spiro atoms. The van der Waals surface area contributed by atoms with Gasteiger partial charge in [0, 0.05) is 6.20 Å². The summed E-state index contributed by atoms with van der Waals surface area (Å²) in [5.41, 5.74) is 0.685. The highest BCUT2D eigenvalue weighted by molar-refractivity contribution is 14.1. The van der Waals surface area contributed by atoms with E-state index in [1.165, 1.54) is 0 Å². The smallest absolute Gasteiger partial charge is 0.175 e. The van der Waals surface area contributed by atoms with Crippen molar-refractivity contribution in [3.05, 3.63) is 25.9 Å². The quantitative estimate of drug-likeness (QED) is 0.678. The van der Waals surface area contributed by atoms with E-state index in [-0.39, 0.29) is 0 Å². The molecule has 0 aromatic carbocycles. The van der Waals surface area contributed by atoms with Crippen LogP contribution in [-0.2, 0) is 0 Å². The normalized spacial score (nSPS) is 10.9. The summed E-state index contributed by atoms with van der Waals surface area (Å²) in [6, 6.07) is 0. The van der Waals surface area contributed by atoms with Crippen LogP contribution in [0.15, 0.2) is 17.0 Å². The first-order valence-electron chi connectivity index (χ1n) is 3.03.